The third kappa shape index (κ3) is 2.08. The van der Waals surface area contributed by atoms with E-state index >= 15 is 0 Å². The fraction of sp³-hybridized carbons (Fsp3) is 0.500. The molecule has 0 saturated heterocycles. The van der Waals surface area contributed by atoms with Gasteiger partial charge in [0, 0.05) is 7.05 Å². The van der Waals surface area contributed by atoms with Crippen molar-refractivity contribution in [2.45, 2.75) is 31.3 Å². The van der Waals surface area contributed by atoms with E-state index in [0.717, 1.165) is 36.8 Å². The molecule has 0 unspecified atom stereocenters. The number of fused-ring (bicyclic) bond motifs is 1. The van der Waals surface area contributed by atoms with Crippen molar-refractivity contribution >= 4 is 17.1 Å². The summed E-state index contributed by atoms with van der Waals surface area (Å²) in [7, 11) is 1.92. The number of benzene rings is 1. The van der Waals surface area contributed by atoms with Crippen molar-refractivity contribution in [1.82, 2.24) is 4.98 Å². The summed E-state index contributed by atoms with van der Waals surface area (Å²) in [5.41, 5.74) is 1.07. The smallest absolute Gasteiger partial charge is 0.298 e. The third-order valence-electron chi connectivity index (χ3n) is 3.67. The minimum absolute atomic E-state index is 0.574. The Bertz CT molecular complexity index is 510. The monoisotopic (exact) mass is 246 g/mol. The molecule has 1 fully saturated rings. The number of oxazole rings is 1. The molecule has 4 heteroatoms. The molecular weight excluding hydrogens is 228 g/mol. The number of aliphatic hydroxyl groups is 1. The van der Waals surface area contributed by atoms with Gasteiger partial charge in [-0.1, -0.05) is 25.0 Å². The molecule has 0 atom stereocenters. The summed E-state index contributed by atoms with van der Waals surface area (Å²) in [5.74, 6) is 0. The molecule has 1 aromatic heterocycles. The maximum Gasteiger partial charge on any atom is 0.298 e. The summed E-state index contributed by atoms with van der Waals surface area (Å²) in [6.07, 6.45) is 3.96. The lowest BCUT2D eigenvalue weighted by Crippen LogP contribution is -2.39. The number of hydrogen-bond acceptors (Lipinski definition) is 4. The standard InChI is InChI=1S/C14H18N2O2/c1-16(10-14(17)8-4-5-9-14)13-15-11-6-2-3-7-12(11)18-13/h2-3,6-7,17H,4-5,8-10H2,1H3. The van der Waals surface area contributed by atoms with Crippen LogP contribution >= 0.6 is 0 Å². The highest BCUT2D eigenvalue weighted by molar-refractivity contribution is 5.74. The van der Waals surface area contributed by atoms with Crippen LogP contribution in [-0.2, 0) is 0 Å². The van der Waals surface area contributed by atoms with E-state index in [-0.39, 0.29) is 0 Å². The quantitative estimate of drug-likeness (QED) is 0.904. The lowest BCUT2D eigenvalue weighted by atomic mass is 10.0. The minimum Gasteiger partial charge on any atom is -0.423 e. The zero-order valence-electron chi connectivity index (χ0n) is 10.6. The van der Waals surface area contributed by atoms with Crippen molar-refractivity contribution in [3.05, 3.63) is 24.3 Å². The summed E-state index contributed by atoms with van der Waals surface area (Å²) in [6, 6.07) is 8.29. The molecule has 0 amide bonds. The van der Waals surface area contributed by atoms with Crippen molar-refractivity contribution < 1.29 is 9.52 Å². The van der Waals surface area contributed by atoms with E-state index in [9.17, 15) is 5.11 Å². The van der Waals surface area contributed by atoms with E-state index < -0.39 is 5.60 Å². The van der Waals surface area contributed by atoms with Crippen LogP contribution in [0.3, 0.4) is 0 Å². The van der Waals surface area contributed by atoms with E-state index in [1.807, 2.05) is 36.2 Å². The van der Waals surface area contributed by atoms with Gasteiger partial charge in [0.1, 0.15) is 5.52 Å². The number of aromatic nitrogens is 1. The van der Waals surface area contributed by atoms with Gasteiger partial charge in [0.05, 0.1) is 12.1 Å². The summed E-state index contributed by atoms with van der Waals surface area (Å²) in [5, 5.41) is 10.4. The predicted molar refractivity (Wildman–Crippen MR) is 70.7 cm³/mol. The average Bonchev–Trinajstić information content (AvgIpc) is 2.95. The Morgan fingerprint density at radius 1 is 1.33 bits per heavy atom. The highest BCUT2D eigenvalue weighted by atomic mass is 16.4. The van der Waals surface area contributed by atoms with Crippen LogP contribution in [0, 0.1) is 0 Å². The van der Waals surface area contributed by atoms with Gasteiger partial charge in [-0.2, -0.15) is 4.98 Å². The zero-order valence-corrected chi connectivity index (χ0v) is 10.6. The van der Waals surface area contributed by atoms with E-state index in [1.54, 1.807) is 0 Å². The summed E-state index contributed by atoms with van der Waals surface area (Å²) in [6.45, 7) is 0.583. The molecule has 0 radical (unpaired) electrons. The molecule has 1 heterocycles. The lowest BCUT2D eigenvalue weighted by Gasteiger charge is -2.27. The molecule has 96 valence electrons. The topological polar surface area (TPSA) is 49.5 Å². The Labute approximate surface area is 106 Å². The van der Waals surface area contributed by atoms with Crippen molar-refractivity contribution in [2.24, 2.45) is 0 Å². The first-order chi connectivity index (χ1) is 8.66. The van der Waals surface area contributed by atoms with Crippen LogP contribution in [0.2, 0.25) is 0 Å². The molecule has 1 aliphatic rings. The van der Waals surface area contributed by atoms with Gasteiger partial charge in [0.15, 0.2) is 5.58 Å². The predicted octanol–water partition coefficient (Wildman–Crippen LogP) is 2.57. The Morgan fingerprint density at radius 3 is 2.78 bits per heavy atom. The molecule has 1 N–H and O–H groups in total. The van der Waals surface area contributed by atoms with Crippen molar-refractivity contribution in [2.75, 3.05) is 18.5 Å². The van der Waals surface area contributed by atoms with Crippen molar-refractivity contribution in [3.8, 4) is 0 Å². The van der Waals surface area contributed by atoms with Gasteiger partial charge < -0.3 is 14.4 Å². The third-order valence-corrected chi connectivity index (χ3v) is 3.67. The van der Waals surface area contributed by atoms with Gasteiger partial charge in [-0.3, -0.25) is 0 Å². The highest BCUT2D eigenvalue weighted by Crippen LogP contribution is 2.31. The van der Waals surface area contributed by atoms with Gasteiger partial charge in [-0.05, 0) is 25.0 Å². The van der Waals surface area contributed by atoms with Gasteiger partial charge in [-0.25, -0.2) is 0 Å². The number of hydrogen-bond donors (Lipinski definition) is 1. The van der Waals surface area contributed by atoms with Crippen LogP contribution in [0.15, 0.2) is 28.7 Å². The molecule has 1 saturated carbocycles. The number of nitrogens with zero attached hydrogens (tertiary/aromatic N) is 2. The Balaban J connectivity index is 1.81. The van der Waals surface area contributed by atoms with Crippen LogP contribution in [-0.4, -0.2) is 29.3 Å². The fourth-order valence-electron chi connectivity index (χ4n) is 2.72. The second-order valence-electron chi connectivity index (χ2n) is 5.25. The summed E-state index contributed by atoms with van der Waals surface area (Å²) < 4.78 is 5.69. The van der Waals surface area contributed by atoms with Crippen LogP contribution in [0.25, 0.3) is 11.1 Å². The molecule has 3 rings (SSSR count). The molecule has 1 aromatic carbocycles. The minimum atomic E-state index is -0.574. The number of likely N-dealkylation sites (N-methyl/N-ethyl adjacent to an activating group) is 1. The first-order valence-corrected chi connectivity index (χ1v) is 6.45. The Kier molecular flexibility index (Phi) is 2.74. The van der Waals surface area contributed by atoms with E-state index in [4.69, 9.17) is 4.42 Å². The van der Waals surface area contributed by atoms with E-state index in [1.165, 1.54) is 0 Å². The normalized spacial score (nSPS) is 18.3. The van der Waals surface area contributed by atoms with Gasteiger partial charge in [0.25, 0.3) is 6.01 Å². The maximum absolute atomic E-state index is 10.4. The molecule has 1 aliphatic carbocycles. The summed E-state index contributed by atoms with van der Waals surface area (Å²) in [4.78, 5) is 6.34. The Morgan fingerprint density at radius 2 is 2.06 bits per heavy atom. The molecule has 2 aromatic rings. The molecular formula is C14H18N2O2. The number of rotatable bonds is 3. The van der Waals surface area contributed by atoms with Gasteiger partial charge in [0.2, 0.25) is 0 Å². The second kappa shape index (κ2) is 4.28. The SMILES string of the molecule is CN(CC1(O)CCCC1)c1nc2ccccc2o1. The second-order valence-corrected chi connectivity index (χ2v) is 5.25. The van der Waals surface area contributed by atoms with Gasteiger partial charge >= 0.3 is 0 Å². The average molecular weight is 246 g/mol. The van der Waals surface area contributed by atoms with Gasteiger partial charge in [-0.15, -0.1) is 0 Å². The molecule has 18 heavy (non-hydrogen) atoms. The molecule has 0 aliphatic heterocycles. The number of anilines is 1. The van der Waals surface area contributed by atoms with Crippen molar-refractivity contribution in [1.29, 1.82) is 0 Å². The Hall–Kier alpha value is -1.55. The van der Waals surface area contributed by atoms with Crippen LogP contribution in [0.1, 0.15) is 25.7 Å². The number of para-hydroxylation sites is 2. The van der Waals surface area contributed by atoms with E-state index in [2.05, 4.69) is 4.98 Å². The highest BCUT2D eigenvalue weighted by Gasteiger charge is 2.33. The lowest BCUT2D eigenvalue weighted by molar-refractivity contribution is 0.0550. The fourth-order valence-corrected chi connectivity index (χ4v) is 2.72. The van der Waals surface area contributed by atoms with Crippen LogP contribution < -0.4 is 4.90 Å². The first-order valence-electron chi connectivity index (χ1n) is 6.45. The van der Waals surface area contributed by atoms with Crippen LogP contribution in [0.5, 0.6) is 0 Å². The molecule has 0 spiro atoms. The largest absolute Gasteiger partial charge is 0.423 e. The van der Waals surface area contributed by atoms with Crippen molar-refractivity contribution in [3.63, 3.8) is 0 Å². The van der Waals surface area contributed by atoms with E-state index in [0.29, 0.717) is 12.6 Å². The summed E-state index contributed by atoms with van der Waals surface area (Å²) >= 11 is 0. The molecule has 0 bridgehead atoms. The maximum atomic E-state index is 10.4. The molecule has 4 nitrogen and oxygen atoms in total. The zero-order chi connectivity index (χ0) is 12.6. The first kappa shape index (κ1) is 11.5. The van der Waals surface area contributed by atoms with Crippen LogP contribution in [0.4, 0.5) is 6.01 Å².